The van der Waals surface area contributed by atoms with Gasteiger partial charge in [0, 0.05) is 16.7 Å². The van der Waals surface area contributed by atoms with Crippen LogP contribution in [0.4, 0.5) is 4.39 Å². The molecule has 1 aliphatic rings. The maximum atomic E-state index is 14.0. The van der Waals surface area contributed by atoms with E-state index < -0.39 is 5.82 Å². The third-order valence-electron chi connectivity index (χ3n) is 5.36. The number of halogens is 1. The molecule has 0 radical (unpaired) electrons. The van der Waals surface area contributed by atoms with E-state index in [0.717, 1.165) is 22.9 Å². The van der Waals surface area contributed by atoms with E-state index in [9.17, 15) is 14.0 Å². The molecule has 0 amide bonds. The number of Topliss-reactive ketones (excluding diaryl/α,β-unsaturated/α-hetero) is 1. The minimum Gasteiger partial charge on any atom is -0.376 e. The molecule has 1 atom stereocenters. The maximum absolute atomic E-state index is 14.0. The average molecular weight is 455 g/mol. The van der Waals surface area contributed by atoms with Crippen molar-refractivity contribution in [3.63, 3.8) is 0 Å². The molecule has 5 rings (SSSR count). The molecule has 0 spiro atoms. The summed E-state index contributed by atoms with van der Waals surface area (Å²) in [5, 5.41) is 1.38. The Balaban J connectivity index is 1.55. The molecule has 0 aliphatic carbocycles. The van der Waals surface area contributed by atoms with Crippen molar-refractivity contribution in [3.05, 3.63) is 70.3 Å². The fourth-order valence-electron chi connectivity index (χ4n) is 3.81. The quantitative estimate of drug-likeness (QED) is 0.236. The molecule has 1 saturated heterocycles. The highest BCUT2D eigenvalue weighted by molar-refractivity contribution is 7.99. The number of ether oxygens (including phenoxy) is 1. The molecule has 2 aromatic heterocycles. The van der Waals surface area contributed by atoms with Crippen LogP contribution in [0.15, 0.2) is 58.5 Å². The van der Waals surface area contributed by atoms with Crippen LogP contribution in [0.3, 0.4) is 0 Å². The third kappa shape index (κ3) is 3.91. The predicted molar refractivity (Wildman–Crippen MR) is 122 cm³/mol. The summed E-state index contributed by atoms with van der Waals surface area (Å²) in [4.78, 5) is 30.8. The Bertz CT molecular complexity index is 1340. The van der Waals surface area contributed by atoms with Gasteiger partial charge in [-0.2, -0.15) is 0 Å². The van der Waals surface area contributed by atoms with Gasteiger partial charge >= 0.3 is 0 Å². The number of hydrogen-bond donors (Lipinski definition) is 0. The van der Waals surface area contributed by atoms with Gasteiger partial charge in [0.25, 0.3) is 5.56 Å². The zero-order valence-corrected chi connectivity index (χ0v) is 18.2. The van der Waals surface area contributed by atoms with Gasteiger partial charge < -0.3 is 4.74 Å². The van der Waals surface area contributed by atoms with Crippen molar-refractivity contribution in [1.29, 1.82) is 0 Å². The fraction of sp³-hybridized carbons (Fsp3) is 0.261. The number of ketones is 1. The normalized spacial score (nSPS) is 16.4. The number of carbonyl (C=O) groups excluding carboxylic acids is 1. The molecule has 0 N–H and O–H groups in total. The Kier molecular flexibility index (Phi) is 5.60. The van der Waals surface area contributed by atoms with E-state index in [-0.39, 0.29) is 28.8 Å². The van der Waals surface area contributed by atoms with Crippen LogP contribution in [0, 0.1) is 5.82 Å². The number of carbonyl (C=O) groups is 1. The lowest BCUT2D eigenvalue weighted by Crippen LogP contribution is -2.28. The first kappa shape index (κ1) is 20.4. The summed E-state index contributed by atoms with van der Waals surface area (Å²) in [6.45, 7) is 1.08. The summed E-state index contributed by atoms with van der Waals surface area (Å²) in [5.41, 5.74) is 0.572. The van der Waals surface area contributed by atoms with Gasteiger partial charge in [-0.3, -0.25) is 14.2 Å². The molecular formula is C23H19FN2O3S2. The Morgan fingerprint density at radius 1 is 1.23 bits per heavy atom. The first-order chi connectivity index (χ1) is 15.1. The molecule has 2 aromatic carbocycles. The smallest absolute Gasteiger partial charge is 0.272 e. The van der Waals surface area contributed by atoms with Gasteiger partial charge in [-0.1, -0.05) is 42.1 Å². The number of benzene rings is 2. The highest BCUT2D eigenvalue weighted by Crippen LogP contribution is 2.32. The van der Waals surface area contributed by atoms with Gasteiger partial charge in [0.2, 0.25) is 0 Å². The zero-order valence-electron chi connectivity index (χ0n) is 16.5. The van der Waals surface area contributed by atoms with Crippen molar-refractivity contribution in [3.8, 4) is 0 Å². The molecule has 1 aliphatic heterocycles. The predicted octanol–water partition coefficient (Wildman–Crippen LogP) is 4.90. The lowest BCUT2D eigenvalue weighted by Gasteiger charge is -2.15. The molecule has 158 valence electrons. The van der Waals surface area contributed by atoms with Gasteiger partial charge in [-0.05, 0) is 31.0 Å². The van der Waals surface area contributed by atoms with Crippen molar-refractivity contribution < 1.29 is 13.9 Å². The second-order valence-electron chi connectivity index (χ2n) is 7.41. The van der Waals surface area contributed by atoms with Crippen LogP contribution >= 0.6 is 23.1 Å². The standard InChI is InChI=1S/C23H19FN2O3S2/c24-17-9-3-1-7-15(17)18(27)13-30-23-25-20-16-8-2-4-10-19(16)31-21(20)22(28)26(23)12-14-6-5-11-29-14/h1-4,7-10,14H,5-6,11-13H2/t14-/m1/s1. The van der Waals surface area contributed by atoms with Crippen molar-refractivity contribution in [2.24, 2.45) is 0 Å². The van der Waals surface area contributed by atoms with Crippen LogP contribution in [0.25, 0.3) is 20.3 Å². The number of rotatable bonds is 6. The summed E-state index contributed by atoms with van der Waals surface area (Å²) in [6, 6.07) is 13.7. The van der Waals surface area contributed by atoms with Gasteiger partial charge in [0.15, 0.2) is 10.9 Å². The molecule has 4 aromatic rings. The minimum absolute atomic E-state index is 0.00747. The Morgan fingerprint density at radius 3 is 2.84 bits per heavy atom. The van der Waals surface area contributed by atoms with E-state index in [1.807, 2.05) is 24.3 Å². The van der Waals surface area contributed by atoms with Crippen molar-refractivity contribution >= 4 is 49.2 Å². The van der Waals surface area contributed by atoms with Crippen LogP contribution < -0.4 is 5.56 Å². The number of nitrogens with zero attached hydrogens (tertiary/aromatic N) is 2. The minimum atomic E-state index is -0.544. The topological polar surface area (TPSA) is 61.2 Å². The molecule has 31 heavy (non-hydrogen) atoms. The third-order valence-corrected chi connectivity index (χ3v) is 7.49. The largest absolute Gasteiger partial charge is 0.376 e. The monoisotopic (exact) mass is 454 g/mol. The second-order valence-corrected chi connectivity index (χ2v) is 9.41. The summed E-state index contributed by atoms with van der Waals surface area (Å²) in [5.74, 6) is -0.889. The number of fused-ring (bicyclic) bond motifs is 3. The highest BCUT2D eigenvalue weighted by atomic mass is 32.2. The lowest BCUT2D eigenvalue weighted by molar-refractivity contribution is 0.0938. The number of aromatic nitrogens is 2. The maximum Gasteiger partial charge on any atom is 0.272 e. The van der Waals surface area contributed by atoms with E-state index in [1.54, 1.807) is 16.7 Å². The second kappa shape index (κ2) is 8.53. The first-order valence-electron chi connectivity index (χ1n) is 10.1. The molecule has 5 nitrogen and oxygen atoms in total. The van der Waals surface area contributed by atoms with Crippen LogP contribution in [0.5, 0.6) is 0 Å². The van der Waals surface area contributed by atoms with Gasteiger partial charge in [0.05, 0.1) is 29.5 Å². The van der Waals surface area contributed by atoms with E-state index in [4.69, 9.17) is 9.72 Å². The molecule has 1 fully saturated rings. The molecule has 0 saturated carbocycles. The molecular weight excluding hydrogens is 435 g/mol. The summed E-state index contributed by atoms with van der Waals surface area (Å²) in [6.07, 6.45) is 1.80. The van der Waals surface area contributed by atoms with Gasteiger partial charge in [-0.25, -0.2) is 9.37 Å². The van der Waals surface area contributed by atoms with Crippen LogP contribution in [0.1, 0.15) is 23.2 Å². The highest BCUT2D eigenvalue weighted by Gasteiger charge is 2.22. The molecule has 0 unspecified atom stereocenters. The summed E-state index contributed by atoms with van der Waals surface area (Å²) < 4.78 is 23.0. The van der Waals surface area contributed by atoms with Crippen LogP contribution in [-0.2, 0) is 11.3 Å². The summed E-state index contributed by atoms with van der Waals surface area (Å²) >= 11 is 2.60. The SMILES string of the molecule is O=C(CSc1nc2c(sc3ccccc32)c(=O)n1C[C@H]1CCCO1)c1ccccc1F. The van der Waals surface area contributed by atoms with Gasteiger partial charge in [0.1, 0.15) is 10.5 Å². The molecule has 0 bridgehead atoms. The number of thioether (sulfide) groups is 1. The van der Waals surface area contributed by atoms with Crippen LogP contribution in [-0.4, -0.2) is 33.8 Å². The van der Waals surface area contributed by atoms with Crippen molar-refractivity contribution in [2.45, 2.75) is 30.6 Å². The van der Waals surface area contributed by atoms with Crippen molar-refractivity contribution in [1.82, 2.24) is 9.55 Å². The average Bonchev–Trinajstić information content (AvgIpc) is 3.42. The first-order valence-corrected chi connectivity index (χ1v) is 11.9. The Labute approximate surface area is 185 Å². The Hall–Kier alpha value is -2.55. The van der Waals surface area contributed by atoms with E-state index in [1.165, 1.54) is 35.2 Å². The summed E-state index contributed by atoms with van der Waals surface area (Å²) in [7, 11) is 0. The molecule has 3 heterocycles. The van der Waals surface area contributed by atoms with Gasteiger partial charge in [-0.15, -0.1) is 11.3 Å². The number of thiophene rings is 1. The zero-order chi connectivity index (χ0) is 21.4. The lowest BCUT2D eigenvalue weighted by atomic mass is 10.1. The van der Waals surface area contributed by atoms with E-state index >= 15 is 0 Å². The van der Waals surface area contributed by atoms with Crippen molar-refractivity contribution in [2.75, 3.05) is 12.4 Å². The number of hydrogen-bond acceptors (Lipinski definition) is 6. The van der Waals surface area contributed by atoms with Crippen LogP contribution in [0.2, 0.25) is 0 Å². The van der Waals surface area contributed by atoms with E-state index in [0.29, 0.717) is 28.5 Å². The fourth-order valence-corrected chi connectivity index (χ4v) is 5.79. The van der Waals surface area contributed by atoms with E-state index in [2.05, 4.69) is 0 Å². The molecule has 8 heteroatoms. The Morgan fingerprint density at radius 2 is 2.03 bits per heavy atom.